The highest BCUT2D eigenvalue weighted by molar-refractivity contribution is 5.71. The minimum absolute atomic E-state index is 0.0214. The van der Waals surface area contributed by atoms with Gasteiger partial charge in [0.15, 0.2) is 0 Å². The van der Waals surface area contributed by atoms with Crippen LogP contribution in [0.2, 0.25) is 0 Å². The summed E-state index contributed by atoms with van der Waals surface area (Å²) in [5, 5.41) is 16.4. The Labute approximate surface area is 255 Å². The summed E-state index contributed by atoms with van der Waals surface area (Å²) in [6.45, 7) is -0.157. The topological polar surface area (TPSA) is 105 Å². The molecule has 0 bridgehead atoms. The standard InChI is InChI=1S/C33H28F3N5O4/c34-33(35,36)28-14-8-7-13-27(28)23-38-22-26(21-37-38)15-16-29-30(41(44)45)31(42)40(20-18-25-11-5-2-6-12-25)32(43)39(29)19-17-24-9-3-1-4-10-24/h1-16,21-22H,17-20,23H2/b16-15+. The van der Waals surface area contributed by atoms with Crippen LogP contribution in [0, 0.1) is 10.1 Å². The zero-order chi connectivity index (χ0) is 32.0. The molecule has 0 amide bonds. The first kappa shape index (κ1) is 30.9. The second kappa shape index (κ2) is 13.4. The van der Waals surface area contributed by atoms with Gasteiger partial charge in [-0.25, -0.2) is 4.79 Å². The molecule has 12 heteroatoms. The third-order valence-electron chi connectivity index (χ3n) is 7.30. The number of rotatable bonds is 11. The Bertz CT molecular complexity index is 1950. The van der Waals surface area contributed by atoms with Crippen molar-refractivity contribution in [2.75, 3.05) is 0 Å². The quantitative estimate of drug-likeness (QED) is 0.137. The highest BCUT2D eigenvalue weighted by Gasteiger charge is 2.33. The van der Waals surface area contributed by atoms with Gasteiger partial charge in [-0.05, 0) is 47.8 Å². The fourth-order valence-corrected chi connectivity index (χ4v) is 5.06. The van der Waals surface area contributed by atoms with Crippen LogP contribution < -0.4 is 11.2 Å². The smallest absolute Gasteiger partial charge is 0.287 e. The zero-order valence-electron chi connectivity index (χ0n) is 23.9. The van der Waals surface area contributed by atoms with Gasteiger partial charge < -0.3 is 0 Å². The second-order valence-corrected chi connectivity index (χ2v) is 10.3. The number of nitro groups is 1. The van der Waals surface area contributed by atoms with Gasteiger partial charge in [0, 0.05) is 24.8 Å². The van der Waals surface area contributed by atoms with Crippen LogP contribution in [-0.4, -0.2) is 23.8 Å². The minimum Gasteiger partial charge on any atom is -0.287 e. The first-order chi connectivity index (χ1) is 21.6. The average Bonchev–Trinajstić information content (AvgIpc) is 3.47. The summed E-state index contributed by atoms with van der Waals surface area (Å²) in [6, 6.07) is 23.6. The predicted molar refractivity (Wildman–Crippen MR) is 164 cm³/mol. The molecule has 0 unspecified atom stereocenters. The predicted octanol–water partition coefficient (Wildman–Crippen LogP) is 5.84. The van der Waals surface area contributed by atoms with Crippen molar-refractivity contribution in [2.24, 2.45) is 0 Å². The van der Waals surface area contributed by atoms with E-state index in [4.69, 9.17) is 0 Å². The molecule has 9 nitrogen and oxygen atoms in total. The molecule has 230 valence electrons. The Hall–Kier alpha value is -5.52. The van der Waals surface area contributed by atoms with E-state index in [9.17, 15) is 32.9 Å². The van der Waals surface area contributed by atoms with Gasteiger partial charge in [0.1, 0.15) is 5.69 Å². The summed E-state index contributed by atoms with van der Waals surface area (Å²) in [4.78, 5) is 38.6. The van der Waals surface area contributed by atoms with Crippen molar-refractivity contribution < 1.29 is 18.1 Å². The maximum Gasteiger partial charge on any atom is 0.416 e. The first-order valence-electron chi connectivity index (χ1n) is 14.1. The summed E-state index contributed by atoms with van der Waals surface area (Å²) in [5.41, 5.74) is -1.23. The van der Waals surface area contributed by atoms with E-state index < -0.39 is 33.6 Å². The van der Waals surface area contributed by atoms with E-state index >= 15 is 0 Å². The monoisotopic (exact) mass is 615 g/mol. The largest absolute Gasteiger partial charge is 0.416 e. The molecule has 5 rings (SSSR count). The maximum atomic E-state index is 13.7. The molecule has 0 saturated heterocycles. The molecule has 0 N–H and O–H groups in total. The van der Waals surface area contributed by atoms with Crippen molar-refractivity contribution in [2.45, 2.75) is 38.7 Å². The van der Waals surface area contributed by atoms with Gasteiger partial charge in [-0.1, -0.05) is 78.9 Å². The van der Waals surface area contributed by atoms with E-state index in [0.29, 0.717) is 18.4 Å². The summed E-state index contributed by atoms with van der Waals surface area (Å²) in [6.07, 6.45) is 1.75. The molecule has 2 heterocycles. The molecule has 0 atom stereocenters. The molecule has 0 aliphatic carbocycles. The third-order valence-corrected chi connectivity index (χ3v) is 7.30. The molecule has 0 spiro atoms. The highest BCUT2D eigenvalue weighted by atomic mass is 19.4. The first-order valence-corrected chi connectivity index (χ1v) is 14.1. The van der Waals surface area contributed by atoms with Gasteiger partial charge >= 0.3 is 23.1 Å². The van der Waals surface area contributed by atoms with E-state index in [2.05, 4.69) is 5.10 Å². The van der Waals surface area contributed by atoms with Crippen LogP contribution in [0.5, 0.6) is 0 Å². The lowest BCUT2D eigenvalue weighted by molar-refractivity contribution is -0.387. The molecule has 0 aliphatic rings. The molecule has 5 aromatic rings. The summed E-state index contributed by atoms with van der Waals surface area (Å²) < 4.78 is 43.8. The van der Waals surface area contributed by atoms with Gasteiger partial charge in [0.05, 0.1) is 23.2 Å². The number of benzene rings is 3. The van der Waals surface area contributed by atoms with Gasteiger partial charge in [0.2, 0.25) is 0 Å². The zero-order valence-corrected chi connectivity index (χ0v) is 23.9. The molecular formula is C33H28F3N5O4. The van der Waals surface area contributed by atoms with Gasteiger partial charge in [0.25, 0.3) is 0 Å². The Kier molecular flexibility index (Phi) is 9.22. The number of hydrogen-bond acceptors (Lipinski definition) is 5. The van der Waals surface area contributed by atoms with Gasteiger partial charge in [-0.15, -0.1) is 0 Å². The number of hydrogen-bond donors (Lipinski definition) is 0. The van der Waals surface area contributed by atoms with Crippen molar-refractivity contribution in [3.63, 3.8) is 0 Å². The summed E-state index contributed by atoms with van der Waals surface area (Å²) >= 11 is 0. The lowest BCUT2D eigenvalue weighted by Gasteiger charge is -2.14. The van der Waals surface area contributed by atoms with Crippen LogP contribution in [0.3, 0.4) is 0 Å². The van der Waals surface area contributed by atoms with Crippen LogP contribution in [0.4, 0.5) is 18.9 Å². The summed E-state index contributed by atoms with van der Waals surface area (Å²) in [5.74, 6) is 0. The molecule has 0 aliphatic heterocycles. The third kappa shape index (κ3) is 7.35. The normalized spacial score (nSPS) is 11.7. The van der Waals surface area contributed by atoms with E-state index in [-0.39, 0.29) is 30.9 Å². The Balaban J connectivity index is 1.51. The number of nitrogens with zero attached hydrogens (tertiary/aromatic N) is 5. The maximum absolute atomic E-state index is 13.7. The summed E-state index contributed by atoms with van der Waals surface area (Å²) in [7, 11) is 0. The average molecular weight is 616 g/mol. The lowest BCUT2D eigenvalue weighted by Crippen LogP contribution is -2.42. The minimum atomic E-state index is -4.53. The number of halogens is 3. The lowest BCUT2D eigenvalue weighted by atomic mass is 10.1. The molecular weight excluding hydrogens is 587 g/mol. The Morgan fingerprint density at radius 2 is 1.38 bits per heavy atom. The van der Waals surface area contributed by atoms with E-state index in [0.717, 1.165) is 21.8 Å². The number of aryl methyl sites for hydroxylation is 2. The van der Waals surface area contributed by atoms with Crippen molar-refractivity contribution in [1.82, 2.24) is 18.9 Å². The number of alkyl halides is 3. The van der Waals surface area contributed by atoms with Crippen molar-refractivity contribution in [3.8, 4) is 0 Å². The fourth-order valence-electron chi connectivity index (χ4n) is 5.06. The van der Waals surface area contributed by atoms with Crippen molar-refractivity contribution in [3.05, 3.63) is 162 Å². The number of aromatic nitrogens is 4. The molecule has 0 fully saturated rings. The molecule has 2 aromatic heterocycles. The Morgan fingerprint density at radius 3 is 1.98 bits per heavy atom. The molecule has 45 heavy (non-hydrogen) atoms. The molecule has 0 saturated carbocycles. The van der Waals surface area contributed by atoms with E-state index in [1.54, 1.807) is 0 Å². The fraction of sp³-hybridized carbons (Fsp3) is 0.182. The SMILES string of the molecule is O=c1c([N+](=O)[O-])c(/C=C/c2cnn(Cc3ccccc3C(F)(F)F)c2)n(CCc2ccccc2)c(=O)n1CCc1ccccc1. The van der Waals surface area contributed by atoms with Crippen LogP contribution in [0.25, 0.3) is 12.2 Å². The van der Waals surface area contributed by atoms with Crippen molar-refractivity contribution in [1.29, 1.82) is 0 Å². The van der Waals surface area contributed by atoms with E-state index in [1.165, 1.54) is 52.0 Å². The highest BCUT2D eigenvalue weighted by Crippen LogP contribution is 2.32. The molecule has 0 radical (unpaired) electrons. The van der Waals surface area contributed by atoms with Crippen LogP contribution in [0.1, 0.15) is 33.5 Å². The second-order valence-electron chi connectivity index (χ2n) is 10.3. The van der Waals surface area contributed by atoms with Crippen molar-refractivity contribution >= 4 is 17.8 Å². The van der Waals surface area contributed by atoms with Gasteiger partial charge in [-0.3, -0.25) is 28.7 Å². The van der Waals surface area contributed by atoms with Crippen LogP contribution in [0.15, 0.2) is 107 Å². The molecule has 3 aromatic carbocycles. The Morgan fingerprint density at radius 1 is 0.800 bits per heavy atom. The van der Waals surface area contributed by atoms with Crippen LogP contribution in [-0.2, 0) is 38.7 Å². The van der Waals surface area contributed by atoms with Crippen LogP contribution >= 0.6 is 0 Å². The van der Waals surface area contributed by atoms with Gasteiger partial charge in [-0.2, -0.15) is 18.3 Å². The van der Waals surface area contributed by atoms with E-state index in [1.807, 2.05) is 60.7 Å².